The monoisotopic (exact) mass is 360 g/mol. The Morgan fingerprint density at radius 1 is 1.08 bits per heavy atom. The van der Waals surface area contributed by atoms with E-state index in [0.717, 1.165) is 19.3 Å². The summed E-state index contributed by atoms with van der Waals surface area (Å²) in [6.45, 7) is 3.16. The molecule has 2 rings (SSSR count). The lowest BCUT2D eigenvalue weighted by Gasteiger charge is -2.38. The van der Waals surface area contributed by atoms with Gasteiger partial charge in [0.05, 0.1) is 5.75 Å². The normalized spacial score (nSPS) is 24.0. The van der Waals surface area contributed by atoms with E-state index >= 15 is 0 Å². The molecule has 2 saturated heterocycles. The summed E-state index contributed by atoms with van der Waals surface area (Å²) in [4.78, 5) is 25.5. The molecular weight excluding hydrogens is 332 g/mol. The molecular formula is C16H28N2O5S. The lowest BCUT2D eigenvalue weighted by atomic mass is 9.93. The molecule has 2 heterocycles. The summed E-state index contributed by atoms with van der Waals surface area (Å²) < 4.78 is 25.9. The molecule has 1 amide bonds. The van der Waals surface area contributed by atoms with Crippen LogP contribution in [0.25, 0.3) is 0 Å². The van der Waals surface area contributed by atoms with E-state index in [9.17, 15) is 23.1 Å². The zero-order chi connectivity index (χ0) is 17.7. The number of sulfonamides is 1. The number of aliphatic carboxylic acids is 1. The molecule has 138 valence electrons. The Kier molecular flexibility index (Phi) is 6.62. The Balaban J connectivity index is 1.94. The van der Waals surface area contributed by atoms with Crippen molar-refractivity contribution in [1.29, 1.82) is 0 Å². The van der Waals surface area contributed by atoms with Crippen molar-refractivity contribution < 1.29 is 23.1 Å². The van der Waals surface area contributed by atoms with Gasteiger partial charge in [-0.1, -0.05) is 13.3 Å². The Labute approximate surface area is 144 Å². The number of amides is 1. The zero-order valence-corrected chi connectivity index (χ0v) is 15.1. The molecule has 2 fully saturated rings. The van der Waals surface area contributed by atoms with Gasteiger partial charge in [0.15, 0.2) is 0 Å². The second kappa shape index (κ2) is 8.29. The van der Waals surface area contributed by atoms with E-state index in [0.29, 0.717) is 45.3 Å². The Hall–Kier alpha value is -1.15. The maximum absolute atomic E-state index is 12.7. The van der Waals surface area contributed by atoms with Gasteiger partial charge >= 0.3 is 5.97 Å². The highest BCUT2D eigenvalue weighted by Gasteiger charge is 2.37. The van der Waals surface area contributed by atoms with Crippen molar-refractivity contribution in [2.75, 3.05) is 25.4 Å². The van der Waals surface area contributed by atoms with Gasteiger partial charge in [-0.05, 0) is 38.5 Å². The number of carboxylic acid groups (broad SMARTS) is 1. The number of hydrogen-bond donors (Lipinski definition) is 1. The summed E-state index contributed by atoms with van der Waals surface area (Å²) in [6.07, 6.45) is 4.61. The van der Waals surface area contributed by atoms with E-state index in [1.165, 1.54) is 9.21 Å². The van der Waals surface area contributed by atoms with Crippen LogP contribution in [0.15, 0.2) is 0 Å². The number of likely N-dealkylation sites (tertiary alicyclic amines) is 1. The van der Waals surface area contributed by atoms with Gasteiger partial charge in [-0.2, -0.15) is 0 Å². The summed E-state index contributed by atoms with van der Waals surface area (Å²) in [5, 5.41) is 9.31. The van der Waals surface area contributed by atoms with Crippen molar-refractivity contribution in [3.05, 3.63) is 0 Å². The average Bonchev–Trinajstić information content (AvgIpc) is 2.59. The fraction of sp³-hybridized carbons (Fsp3) is 0.875. The first kappa shape index (κ1) is 19.2. The van der Waals surface area contributed by atoms with Gasteiger partial charge in [-0.3, -0.25) is 4.79 Å². The highest BCUT2D eigenvalue weighted by molar-refractivity contribution is 7.89. The van der Waals surface area contributed by atoms with Crippen LogP contribution in [-0.2, 0) is 19.6 Å². The van der Waals surface area contributed by atoms with E-state index in [4.69, 9.17) is 0 Å². The fourth-order valence-corrected chi connectivity index (χ4v) is 5.20. The quantitative estimate of drug-likeness (QED) is 0.770. The number of unbranched alkanes of at least 4 members (excludes halogenated alkanes) is 1. The van der Waals surface area contributed by atoms with Gasteiger partial charge in [0, 0.05) is 25.6 Å². The summed E-state index contributed by atoms with van der Waals surface area (Å²) in [6, 6.07) is -0.724. The topological polar surface area (TPSA) is 95.0 Å². The number of nitrogens with zero attached hydrogens (tertiary/aromatic N) is 2. The number of rotatable bonds is 6. The van der Waals surface area contributed by atoms with Crippen molar-refractivity contribution in [3.8, 4) is 0 Å². The average molecular weight is 360 g/mol. The van der Waals surface area contributed by atoms with Crippen LogP contribution < -0.4 is 0 Å². The highest BCUT2D eigenvalue weighted by atomic mass is 32.2. The van der Waals surface area contributed by atoms with E-state index in [1.54, 1.807) is 0 Å². The van der Waals surface area contributed by atoms with Gasteiger partial charge in [0.2, 0.25) is 15.9 Å². The molecule has 8 heteroatoms. The number of piperidine rings is 2. The van der Waals surface area contributed by atoms with Crippen molar-refractivity contribution in [1.82, 2.24) is 9.21 Å². The smallest absolute Gasteiger partial charge is 0.326 e. The van der Waals surface area contributed by atoms with Crippen LogP contribution in [0.5, 0.6) is 0 Å². The maximum Gasteiger partial charge on any atom is 0.326 e. The molecule has 0 bridgehead atoms. The fourth-order valence-electron chi connectivity index (χ4n) is 3.52. The van der Waals surface area contributed by atoms with Crippen LogP contribution in [-0.4, -0.2) is 66.0 Å². The SMILES string of the molecule is CCCCS(=O)(=O)N1CCC(C(=O)N2CCCC[C@@H]2C(=O)O)CC1. The number of carboxylic acids is 1. The van der Waals surface area contributed by atoms with Gasteiger partial charge in [-0.15, -0.1) is 0 Å². The van der Waals surface area contributed by atoms with Crippen LogP contribution in [0.1, 0.15) is 51.9 Å². The molecule has 1 atom stereocenters. The van der Waals surface area contributed by atoms with Crippen molar-refractivity contribution >= 4 is 21.9 Å². The van der Waals surface area contributed by atoms with Crippen LogP contribution >= 0.6 is 0 Å². The van der Waals surface area contributed by atoms with Crippen LogP contribution in [0.2, 0.25) is 0 Å². The van der Waals surface area contributed by atoms with E-state index < -0.39 is 22.0 Å². The standard InChI is InChI=1S/C16H28N2O5S/c1-2-3-12-24(22,23)17-10-7-13(8-11-17)15(19)18-9-5-4-6-14(18)16(20)21/h13-14H,2-12H2,1H3,(H,20,21)/t14-/m1/s1. The predicted octanol–water partition coefficient (Wildman–Crippen LogP) is 1.29. The predicted molar refractivity (Wildman–Crippen MR) is 90.0 cm³/mol. The molecule has 1 N–H and O–H groups in total. The van der Waals surface area contributed by atoms with Gasteiger partial charge in [0.25, 0.3) is 0 Å². The second-order valence-electron chi connectivity index (χ2n) is 6.72. The molecule has 0 aliphatic carbocycles. The van der Waals surface area contributed by atoms with Crippen LogP contribution in [0, 0.1) is 5.92 Å². The van der Waals surface area contributed by atoms with Crippen LogP contribution in [0.3, 0.4) is 0 Å². The molecule has 0 aromatic rings. The van der Waals surface area contributed by atoms with Crippen LogP contribution in [0.4, 0.5) is 0 Å². The molecule has 0 aromatic carbocycles. The van der Waals surface area contributed by atoms with Crippen molar-refractivity contribution in [2.24, 2.45) is 5.92 Å². The molecule has 0 aromatic heterocycles. The van der Waals surface area contributed by atoms with Crippen molar-refractivity contribution in [2.45, 2.75) is 57.9 Å². The van der Waals surface area contributed by atoms with Gasteiger partial charge in [0.1, 0.15) is 6.04 Å². The lowest BCUT2D eigenvalue weighted by molar-refractivity contribution is -0.154. The molecule has 0 spiro atoms. The maximum atomic E-state index is 12.7. The first-order chi connectivity index (χ1) is 11.4. The first-order valence-corrected chi connectivity index (χ1v) is 10.5. The third-order valence-corrected chi connectivity index (χ3v) is 6.98. The second-order valence-corrected chi connectivity index (χ2v) is 8.81. The summed E-state index contributed by atoms with van der Waals surface area (Å²) in [5.41, 5.74) is 0. The first-order valence-electron chi connectivity index (χ1n) is 8.88. The minimum absolute atomic E-state index is 0.118. The molecule has 2 aliphatic heterocycles. The van der Waals surface area contributed by atoms with Gasteiger partial charge < -0.3 is 10.0 Å². The molecule has 0 radical (unpaired) electrons. The summed E-state index contributed by atoms with van der Waals surface area (Å²) in [5.74, 6) is -1.16. The van der Waals surface area contributed by atoms with E-state index in [1.807, 2.05) is 6.92 Å². The van der Waals surface area contributed by atoms with E-state index in [-0.39, 0.29) is 17.6 Å². The number of carbonyl (C=O) groups excluding carboxylic acids is 1. The molecule has 2 aliphatic rings. The summed E-state index contributed by atoms with van der Waals surface area (Å²) >= 11 is 0. The Morgan fingerprint density at radius 2 is 1.75 bits per heavy atom. The van der Waals surface area contributed by atoms with E-state index in [2.05, 4.69) is 0 Å². The number of hydrogen-bond acceptors (Lipinski definition) is 4. The third-order valence-electron chi connectivity index (χ3n) is 5.02. The molecule has 0 saturated carbocycles. The molecule has 7 nitrogen and oxygen atoms in total. The van der Waals surface area contributed by atoms with Gasteiger partial charge in [-0.25, -0.2) is 17.5 Å². The zero-order valence-electron chi connectivity index (χ0n) is 14.3. The highest BCUT2D eigenvalue weighted by Crippen LogP contribution is 2.26. The molecule has 24 heavy (non-hydrogen) atoms. The molecule has 0 unspecified atom stereocenters. The number of carbonyl (C=O) groups is 2. The van der Waals surface area contributed by atoms with Crippen molar-refractivity contribution in [3.63, 3.8) is 0 Å². The summed E-state index contributed by atoms with van der Waals surface area (Å²) in [7, 11) is -3.23. The minimum Gasteiger partial charge on any atom is -0.480 e. The lowest BCUT2D eigenvalue weighted by Crippen LogP contribution is -2.52. The Bertz CT molecular complexity index is 555. The Morgan fingerprint density at radius 3 is 2.33 bits per heavy atom. The third kappa shape index (κ3) is 4.47. The minimum atomic E-state index is -3.23. The largest absolute Gasteiger partial charge is 0.480 e.